The smallest absolute Gasteiger partial charge is 0.308 e. The molecule has 0 amide bonds. The first-order valence-electron chi connectivity index (χ1n) is 6.89. The molecule has 3 atom stereocenters. The maximum absolute atomic E-state index is 14.1. The van der Waals surface area contributed by atoms with Crippen molar-refractivity contribution >= 4 is 11.7 Å². The van der Waals surface area contributed by atoms with Crippen LogP contribution >= 0.6 is 0 Å². The molecule has 0 radical (unpaired) electrons. The number of carboxylic acids is 1. The third kappa shape index (κ3) is 2.27. The summed E-state index contributed by atoms with van der Waals surface area (Å²) in [6.07, 6.45) is 2.28. The highest BCUT2D eigenvalue weighted by atomic mass is 19.1. The first-order valence-corrected chi connectivity index (χ1v) is 6.89. The number of hydrogen-bond acceptors (Lipinski definition) is 4. The van der Waals surface area contributed by atoms with Gasteiger partial charge in [-0.3, -0.25) is 19.8 Å². The molecule has 112 valence electrons. The third-order valence-electron chi connectivity index (χ3n) is 4.61. The molecule has 7 heteroatoms. The van der Waals surface area contributed by atoms with E-state index in [1.165, 1.54) is 12.1 Å². The molecule has 1 aromatic rings. The van der Waals surface area contributed by atoms with Crippen LogP contribution < -0.4 is 0 Å². The Kier molecular flexibility index (Phi) is 3.36. The Morgan fingerprint density at radius 2 is 2.24 bits per heavy atom. The molecule has 0 aromatic heterocycles. The second kappa shape index (κ2) is 5.07. The summed E-state index contributed by atoms with van der Waals surface area (Å²) in [5, 5.41) is 20.0. The van der Waals surface area contributed by atoms with E-state index in [2.05, 4.69) is 0 Å². The average molecular weight is 294 g/mol. The van der Waals surface area contributed by atoms with Gasteiger partial charge in [0.15, 0.2) is 0 Å². The van der Waals surface area contributed by atoms with E-state index in [9.17, 15) is 24.4 Å². The van der Waals surface area contributed by atoms with Crippen LogP contribution in [0.25, 0.3) is 0 Å². The summed E-state index contributed by atoms with van der Waals surface area (Å²) in [7, 11) is 0. The number of nitrogens with zero attached hydrogens (tertiary/aromatic N) is 2. The van der Waals surface area contributed by atoms with Gasteiger partial charge in [-0.15, -0.1) is 0 Å². The molecule has 21 heavy (non-hydrogen) atoms. The minimum Gasteiger partial charge on any atom is -0.481 e. The van der Waals surface area contributed by atoms with Crippen LogP contribution in [0, 0.1) is 21.8 Å². The lowest BCUT2D eigenvalue weighted by molar-refractivity contribution is -0.387. The van der Waals surface area contributed by atoms with Crippen LogP contribution in [0.2, 0.25) is 0 Å². The number of benzene rings is 1. The molecule has 6 nitrogen and oxygen atoms in total. The van der Waals surface area contributed by atoms with Gasteiger partial charge in [-0.1, -0.05) is 12.1 Å². The lowest BCUT2D eigenvalue weighted by Crippen LogP contribution is -2.32. The van der Waals surface area contributed by atoms with E-state index in [0.29, 0.717) is 6.42 Å². The zero-order chi connectivity index (χ0) is 15.1. The van der Waals surface area contributed by atoms with Crippen molar-refractivity contribution in [2.75, 3.05) is 0 Å². The second-order valence-corrected chi connectivity index (χ2v) is 5.66. The fourth-order valence-electron chi connectivity index (χ4n) is 3.64. The van der Waals surface area contributed by atoms with Crippen molar-refractivity contribution in [2.45, 2.75) is 37.9 Å². The molecule has 0 spiro atoms. The van der Waals surface area contributed by atoms with Crippen LogP contribution in [-0.4, -0.2) is 33.0 Å². The zero-order valence-electron chi connectivity index (χ0n) is 11.2. The van der Waals surface area contributed by atoms with Crippen molar-refractivity contribution in [3.8, 4) is 0 Å². The van der Waals surface area contributed by atoms with E-state index in [-0.39, 0.29) is 24.2 Å². The molecule has 2 aliphatic rings. The number of hydrogen-bond donors (Lipinski definition) is 1. The molecule has 1 N–H and O–H groups in total. The van der Waals surface area contributed by atoms with Gasteiger partial charge >= 0.3 is 11.7 Å². The maximum atomic E-state index is 14.1. The van der Waals surface area contributed by atoms with Gasteiger partial charge in [0, 0.05) is 30.3 Å². The summed E-state index contributed by atoms with van der Waals surface area (Å²) < 4.78 is 14.1. The second-order valence-electron chi connectivity index (χ2n) is 5.66. The number of halogens is 1. The third-order valence-corrected chi connectivity index (χ3v) is 4.61. The molecule has 1 aromatic carbocycles. The van der Waals surface area contributed by atoms with Gasteiger partial charge in [-0.25, -0.2) is 0 Å². The average Bonchev–Trinajstić information content (AvgIpc) is 2.98. The van der Waals surface area contributed by atoms with E-state index in [1.807, 2.05) is 4.90 Å². The van der Waals surface area contributed by atoms with Gasteiger partial charge in [-0.05, 0) is 19.3 Å². The summed E-state index contributed by atoms with van der Waals surface area (Å²) in [6.45, 7) is 0.229. The first kappa shape index (κ1) is 13.9. The molecule has 2 heterocycles. The molecule has 0 saturated carbocycles. The van der Waals surface area contributed by atoms with Gasteiger partial charge in [0.2, 0.25) is 5.82 Å². The summed E-state index contributed by atoms with van der Waals surface area (Å²) in [5.41, 5.74) is -0.277. The van der Waals surface area contributed by atoms with E-state index in [4.69, 9.17) is 0 Å². The minimum absolute atomic E-state index is 0.0915. The molecule has 3 unspecified atom stereocenters. The molecule has 2 bridgehead atoms. The van der Waals surface area contributed by atoms with Crippen LogP contribution in [0.3, 0.4) is 0 Å². The zero-order valence-corrected chi connectivity index (χ0v) is 11.2. The van der Waals surface area contributed by atoms with Crippen molar-refractivity contribution in [3.63, 3.8) is 0 Å². The van der Waals surface area contributed by atoms with Crippen LogP contribution in [0.5, 0.6) is 0 Å². The number of aliphatic carboxylic acids is 1. The largest absolute Gasteiger partial charge is 0.481 e. The SMILES string of the molecule is O=C(O)C1CC2CCC1N2Cc1cccc([N+](=O)[O-])c1F. The Morgan fingerprint density at radius 1 is 1.48 bits per heavy atom. The van der Waals surface area contributed by atoms with E-state index < -0.39 is 28.3 Å². The number of nitro benzene ring substituents is 1. The van der Waals surface area contributed by atoms with Crippen molar-refractivity contribution in [1.29, 1.82) is 0 Å². The standard InChI is InChI=1S/C14H15FN2O4/c15-13-8(2-1-3-12(13)17(20)21)7-16-9-4-5-11(16)10(6-9)14(18)19/h1-3,9-11H,4-7H2,(H,18,19). The normalized spacial score (nSPS) is 28.0. The fourth-order valence-corrected chi connectivity index (χ4v) is 3.64. The van der Waals surface area contributed by atoms with Crippen LogP contribution in [0.1, 0.15) is 24.8 Å². The van der Waals surface area contributed by atoms with Crippen molar-refractivity contribution in [3.05, 3.63) is 39.7 Å². The molecular formula is C14H15FN2O4. The Morgan fingerprint density at radius 3 is 2.86 bits per heavy atom. The minimum atomic E-state index is -0.819. The van der Waals surface area contributed by atoms with Crippen molar-refractivity contribution < 1.29 is 19.2 Å². The summed E-state index contributed by atoms with van der Waals surface area (Å²) in [5.74, 6) is -2.04. The topological polar surface area (TPSA) is 83.7 Å². The van der Waals surface area contributed by atoms with E-state index in [1.54, 1.807) is 0 Å². The molecule has 2 fully saturated rings. The van der Waals surface area contributed by atoms with Crippen LogP contribution in [-0.2, 0) is 11.3 Å². The van der Waals surface area contributed by atoms with Gasteiger partial charge in [0.25, 0.3) is 0 Å². The van der Waals surface area contributed by atoms with Gasteiger partial charge in [0.05, 0.1) is 10.8 Å². The number of fused-ring (bicyclic) bond motifs is 2. The van der Waals surface area contributed by atoms with Crippen LogP contribution in [0.15, 0.2) is 18.2 Å². The summed E-state index contributed by atoms with van der Waals surface area (Å²) in [4.78, 5) is 23.2. The number of rotatable bonds is 4. The lowest BCUT2D eigenvalue weighted by Gasteiger charge is -2.22. The Bertz CT molecular complexity index is 607. The summed E-state index contributed by atoms with van der Waals surface area (Å²) >= 11 is 0. The number of carbonyl (C=O) groups is 1. The highest BCUT2D eigenvalue weighted by Gasteiger charge is 2.49. The molecule has 2 saturated heterocycles. The molecule has 2 aliphatic heterocycles. The Balaban J connectivity index is 1.84. The predicted molar refractivity (Wildman–Crippen MR) is 71.2 cm³/mol. The lowest BCUT2D eigenvalue weighted by atomic mass is 9.89. The fraction of sp³-hybridized carbons (Fsp3) is 0.500. The van der Waals surface area contributed by atoms with Crippen LogP contribution in [0.4, 0.5) is 10.1 Å². The summed E-state index contributed by atoms with van der Waals surface area (Å²) in [6, 6.07) is 4.16. The van der Waals surface area contributed by atoms with Crippen molar-refractivity contribution in [2.24, 2.45) is 5.92 Å². The number of carboxylic acid groups (broad SMARTS) is 1. The van der Waals surface area contributed by atoms with E-state index in [0.717, 1.165) is 18.9 Å². The molecule has 0 aliphatic carbocycles. The Hall–Kier alpha value is -2.02. The quantitative estimate of drug-likeness (QED) is 0.679. The van der Waals surface area contributed by atoms with Gasteiger partial charge in [-0.2, -0.15) is 4.39 Å². The Labute approximate surface area is 120 Å². The molecular weight excluding hydrogens is 279 g/mol. The van der Waals surface area contributed by atoms with Gasteiger partial charge < -0.3 is 5.11 Å². The number of nitro groups is 1. The highest BCUT2D eigenvalue weighted by Crippen LogP contribution is 2.43. The monoisotopic (exact) mass is 294 g/mol. The van der Waals surface area contributed by atoms with E-state index >= 15 is 0 Å². The molecule has 3 rings (SSSR count). The maximum Gasteiger partial charge on any atom is 0.308 e. The first-order chi connectivity index (χ1) is 9.99. The van der Waals surface area contributed by atoms with Gasteiger partial charge in [0.1, 0.15) is 0 Å². The van der Waals surface area contributed by atoms with Crippen molar-refractivity contribution in [1.82, 2.24) is 4.90 Å². The highest BCUT2D eigenvalue weighted by molar-refractivity contribution is 5.71. The predicted octanol–water partition coefficient (Wildman–Crippen LogP) is 2.17.